The van der Waals surface area contributed by atoms with Crippen LogP contribution >= 0.6 is 23.2 Å². The smallest absolute Gasteiger partial charge is 0.341 e. The van der Waals surface area contributed by atoms with Crippen LogP contribution in [-0.2, 0) is 23.4 Å². The zero-order valence-electron chi connectivity index (χ0n) is 11.4. The van der Waals surface area contributed by atoms with Crippen LogP contribution in [0.4, 0.5) is 14.5 Å². The highest BCUT2D eigenvalue weighted by Crippen LogP contribution is 2.26. The summed E-state index contributed by atoms with van der Waals surface area (Å²) in [5, 5.41) is 3.87. The minimum absolute atomic E-state index is 0.393. The number of sulfone groups is 1. The van der Waals surface area contributed by atoms with Gasteiger partial charge in [0.1, 0.15) is 5.15 Å². The number of nitrogens with one attached hydrogen (secondary N) is 1. The van der Waals surface area contributed by atoms with Crippen LogP contribution in [0.2, 0.25) is 10.2 Å². The number of anilines is 1. The summed E-state index contributed by atoms with van der Waals surface area (Å²) in [7, 11) is -2.82. The van der Waals surface area contributed by atoms with E-state index in [4.69, 9.17) is 23.2 Å². The Morgan fingerprint density at radius 3 is 2.27 bits per heavy atom. The Balaban J connectivity index is 2.11. The van der Waals surface area contributed by atoms with Gasteiger partial charge in [0.25, 0.3) is 0 Å². The summed E-state index contributed by atoms with van der Waals surface area (Å²) >= 11 is 11.8. The molecule has 0 atom stereocenters. The summed E-state index contributed by atoms with van der Waals surface area (Å²) in [5.41, 5.74) is 1.40. The van der Waals surface area contributed by atoms with Crippen molar-refractivity contribution in [2.24, 2.45) is 7.05 Å². The SMILES string of the molecule is Cn1c(CNc2ccc(S(=O)(=O)C(F)F)cc2)cc(Cl)c1Cl. The van der Waals surface area contributed by atoms with Gasteiger partial charge in [-0.05, 0) is 30.3 Å². The lowest BCUT2D eigenvalue weighted by molar-refractivity contribution is 0.234. The van der Waals surface area contributed by atoms with Crippen LogP contribution in [0, 0.1) is 0 Å². The number of alkyl halides is 2. The molecule has 2 rings (SSSR count). The van der Waals surface area contributed by atoms with Gasteiger partial charge in [0.2, 0.25) is 9.84 Å². The predicted molar refractivity (Wildman–Crippen MR) is 82.4 cm³/mol. The summed E-state index contributed by atoms with van der Waals surface area (Å²) in [6.45, 7) is 0.393. The number of halogens is 4. The van der Waals surface area contributed by atoms with Crippen LogP contribution in [-0.4, -0.2) is 18.7 Å². The van der Waals surface area contributed by atoms with Gasteiger partial charge < -0.3 is 9.88 Å². The van der Waals surface area contributed by atoms with Crippen molar-refractivity contribution < 1.29 is 17.2 Å². The van der Waals surface area contributed by atoms with Gasteiger partial charge in [-0.2, -0.15) is 8.78 Å². The van der Waals surface area contributed by atoms with Crippen molar-refractivity contribution in [3.63, 3.8) is 0 Å². The molecule has 1 heterocycles. The first kappa shape index (κ1) is 17.1. The molecule has 0 amide bonds. The molecule has 0 saturated carbocycles. The number of rotatable bonds is 5. The maximum absolute atomic E-state index is 12.4. The van der Waals surface area contributed by atoms with E-state index in [1.807, 2.05) is 0 Å². The van der Waals surface area contributed by atoms with Gasteiger partial charge in [0.15, 0.2) is 0 Å². The van der Waals surface area contributed by atoms with E-state index in [2.05, 4.69) is 5.32 Å². The first-order valence-corrected chi connectivity index (χ1v) is 8.39. The maximum Gasteiger partial charge on any atom is 0.341 e. The lowest BCUT2D eigenvalue weighted by atomic mass is 10.3. The molecule has 0 fully saturated rings. The van der Waals surface area contributed by atoms with Crippen LogP contribution in [0.1, 0.15) is 5.69 Å². The van der Waals surface area contributed by atoms with Crippen molar-refractivity contribution in [2.45, 2.75) is 17.2 Å². The standard InChI is InChI=1S/C13H12Cl2F2N2O2S/c1-19-9(6-11(14)12(19)15)7-18-8-2-4-10(5-3-8)22(20,21)13(16)17/h2-6,13,18H,7H2,1H3. The van der Waals surface area contributed by atoms with E-state index in [1.165, 1.54) is 12.1 Å². The lowest BCUT2D eigenvalue weighted by Crippen LogP contribution is -2.11. The summed E-state index contributed by atoms with van der Waals surface area (Å²) < 4.78 is 49.2. The molecule has 0 radical (unpaired) electrons. The van der Waals surface area contributed by atoms with Gasteiger partial charge in [-0.1, -0.05) is 23.2 Å². The summed E-state index contributed by atoms with van der Waals surface area (Å²) in [4.78, 5) is -0.419. The van der Waals surface area contributed by atoms with Gasteiger partial charge in [-0.15, -0.1) is 0 Å². The Bertz CT molecular complexity index is 774. The lowest BCUT2D eigenvalue weighted by Gasteiger charge is -2.09. The second-order valence-corrected chi connectivity index (χ2v) is 7.20. The molecule has 1 N–H and O–H groups in total. The predicted octanol–water partition coefficient (Wildman–Crippen LogP) is 3.94. The molecule has 2 aromatic rings. The number of hydrogen-bond donors (Lipinski definition) is 1. The molecule has 0 bridgehead atoms. The highest BCUT2D eigenvalue weighted by molar-refractivity contribution is 7.91. The van der Waals surface area contributed by atoms with Gasteiger partial charge in [-0.3, -0.25) is 0 Å². The van der Waals surface area contributed by atoms with Crippen LogP contribution in [0.5, 0.6) is 0 Å². The molecule has 1 aromatic carbocycles. The molecular weight excluding hydrogens is 357 g/mol. The number of hydrogen-bond acceptors (Lipinski definition) is 3. The molecule has 120 valence electrons. The molecule has 0 unspecified atom stereocenters. The molecule has 22 heavy (non-hydrogen) atoms. The normalized spacial score (nSPS) is 11.9. The minimum atomic E-state index is -4.57. The van der Waals surface area contributed by atoms with E-state index in [0.29, 0.717) is 22.4 Å². The molecule has 0 saturated heterocycles. The fourth-order valence-corrected chi connectivity index (χ4v) is 2.95. The van der Waals surface area contributed by atoms with Crippen molar-refractivity contribution >= 4 is 38.7 Å². The molecule has 0 spiro atoms. The topological polar surface area (TPSA) is 51.1 Å². The number of aromatic nitrogens is 1. The molecule has 4 nitrogen and oxygen atoms in total. The van der Waals surface area contributed by atoms with E-state index in [1.54, 1.807) is 17.7 Å². The summed E-state index contributed by atoms with van der Waals surface area (Å²) in [6.07, 6.45) is 0. The monoisotopic (exact) mass is 368 g/mol. The number of benzene rings is 1. The van der Waals surface area contributed by atoms with Crippen LogP contribution in [0.15, 0.2) is 35.2 Å². The Morgan fingerprint density at radius 1 is 1.23 bits per heavy atom. The van der Waals surface area contributed by atoms with Crippen molar-refractivity contribution in [2.75, 3.05) is 5.32 Å². The second-order valence-electron chi connectivity index (χ2n) is 4.52. The van der Waals surface area contributed by atoms with Gasteiger partial charge in [-0.25, -0.2) is 8.42 Å². The van der Waals surface area contributed by atoms with Crippen molar-refractivity contribution in [1.29, 1.82) is 0 Å². The summed E-state index contributed by atoms with van der Waals surface area (Å²) in [5.74, 6) is -3.43. The Kier molecular flexibility index (Phi) is 4.99. The minimum Gasteiger partial charge on any atom is -0.379 e. The molecule has 0 aliphatic carbocycles. The number of nitrogens with zero attached hydrogens (tertiary/aromatic N) is 1. The first-order chi connectivity index (χ1) is 10.2. The van der Waals surface area contributed by atoms with Crippen LogP contribution in [0.25, 0.3) is 0 Å². The van der Waals surface area contributed by atoms with Gasteiger partial charge in [0.05, 0.1) is 16.5 Å². The Hall–Kier alpha value is -1.31. The second kappa shape index (κ2) is 6.44. The highest BCUT2D eigenvalue weighted by Gasteiger charge is 2.26. The third-order valence-corrected chi connectivity index (χ3v) is 5.35. The van der Waals surface area contributed by atoms with E-state index in [0.717, 1.165) is 17.8 Å². The van der Waals surface area contributed by atoms with Crippen LogP contribution < -0.4 is 5.32 Å². The van der Waals surface area contributed by atoms with E-state index in [9.17, 15) is 17.2 Å². The van der Waals surface area contributed by atoms with E-state index < -0.39 is 20.5 Å². The third kappa shape index (κ3) is 3.37. The van der Waals surface area contributed by atoms with Crippen molar-refractivity contribution in [1.82, 2.24) is 4.57 Å². The molecular formula is C13H12Cl2F2N2O2S. The average Bonchev–Trinajstić information content (AvgIpc) is 2.72. The van der Waals surface area contributed by atoms with Gasteiger partial charge >= 0.3 is 5.76 Å². The third-order valence-electron chi connectivity index (χ3n) is 3.11. The Labute approximate surface area is 136 Å². The Morgan fingerprint density at radius 2 is 1.82 bits per heavy atom. The highest BCUT2D eigenvalue weighted by atomic mass is 35.5. The zero-order chi connectivity index (χ0) is 16.5. The fourth-order valence-electron chi connectivity index (χ4n) is 1.82. The molecule has 9 heteroatoms. The molecule has 0 aliphatic rings. The maximum atomic E-state index is 12.4. The first-order valence-electron chi connectivity index (χ1n) is 6.09. The zero-order valence-corrected chi connectivity index (χ0v) is 13.7. The van der Waals surface area contributed by atoms with Crippen molar-refractivity contribution in [3.8, 4) is 0 Å². The molecule has 1 aromatic heterocycles. The van der Waals surface area contributed by atoms with Gasteiger partial charge in [0, 0.05) is 18.4 Å². The van der Waals surface area contributed by atoms with Crippen molar-refractivity contribution in [3.05, 3.63) is 46.2 Å². The quantitative estimate of drug-likeness (QED) is 0.869. The largest absolute Gasteiger partial charge is 0.379 e. The fraction of sp³-hybridized carbons (Fsp3) is 0.231. The average molecular weight is 369 g/mol. The summed E-state index contributed by atoms with van der Waals surface area (Å²) in [6, 6.07) is 6.80. The van der Waals surface area contributed by atoms with Crippen LogP contribution in [0.3, 0.4) is 0 Å². The van der Waals surface area contributed by atoms with E-state index >= 15 is 0 Å². The van der Waals surface area contributed by atoms with E-state index in [-0.39, 0.29) is 0 Å². The molecule has 0 aliphatic heterocycles.